The van der Waals surface area contributed by atoms with Crippen molar-refractivity contribution in [2.45, 2.75) is 39.0 Å². The largest absolute Gasteiger partial charge is 0.372 e. The van der Waals surface area contributed by atoms with Crippen molar-refractivity contribution in [3.05, 3.63) is 71.6 Å². The Labute approximate surface area is 166 Å². The molecule has 1 saturated heterocycles. The van der Waals surface area contributed by atoms with Crippen LogP contribution in [0.5, 0.6) is 0 Å². The second-order valence-electron chi connectivity index (χ2n) is 7.37. The molecule has 0 spiro atoms. The molecular weight excluding hydrogens is 355 g/mol. The highest BCUT2D eigenvalue weighted by atomic mass is 19.1. The Morgan fingerprint density at radius 2 is 1.86 bits per heavy atom. The maximum Gasteiger partial charge on any atom is 0.244 e. The van der Waals surface area contributed by atoms with E-state index in [1.54, 1.807) is 18.2 Å². The first-order chi connectivity index (χ1) is 13.4. The van der Waals surface area contributed by atoms with Gasteiger partial charge in [0.1, 0.15) is 5.82 Å². The zero-order valence-electron chi connectivity index (χ0n) is 16.6. The quantitative estimate of drug-likeness (QED) is 0.783. The number of anilines is 1. The highest BCUT2D eigenvalue weighted by Crippen LogP contribution is 2.24. The lowest BCUT2D eigenvalue weighted by Crippen LogP contribution is -2.45. The molecule has 0 aliphatic carbocycles. The number of nitrogens with one attached hydrogen (secondary N) is 1. The highest BCUT2D eigenvalue weighted by molar-refractivity contribution is 5.92. The Balaban J connectivity index is 1.63. The molecule has 2 aromatic carbocycles. The van der Waals surface area contributed by atoms with Crippen LogP contribution >= 0.6 is 0 Å². The lowest BCUT2D eigenvalue weighted by molar-refractivity contribution is -0.117. The van der Waals surface area contributed by atoms with Crippen LogP contribution < -0.4 is 10.2 Å². The number of benzene rings is 2. The lowest BCUT2D eigenvalue weighted by atomic mass is 10.1. The highest BCUT2D eigenvalue weighted by Gasteiger charge is 2.22. The van der Waals surface area contributed by atoms with Crippen LogP contribution in [-0.2, 0) is 9.53 Å². The molecule has 0 bridgehead atoms. The number of ether oxygens (including phenoxy) is 1. The van der Waals surface area contributed by atoms with E-state index in [4.69, 9.17) is 4.74 Å². The van der Waals surface area contributed by atoms with E-state index < -0.39 is 0 Å². The van der Waals surface area contributed by atoms with Crippen molar-refractivity contribution in [2.24, 2.45) is 0 Å². The summed E-state index contributed by atoms with van der Waals surface area (Å²) in [6.45, 7) is 7.85. The minimum absolute atomic E-state index is 0.124. The fourth-order valence-electron chi connectivity index (χ4n) is 3.47. The summed E-state index contributed by atoms with van der Waals surface area (Å²) < 4.78 is 18.8. The molecule has 1 aliphatic rings. The first-order valence-corrected chi connectivity index (χ1v) is 9.65. The van der Waals surface area contributed by atoms with Crippen LogP contribution in [0, 0.1) is 5.82 Å². The van der Waals surface area contributed by atoms with E-state index in [2.05, 4.69) is 36.2 Å². The Morgan fingerprint density at radius 3 is 2.54 bits per heavy atom. The molecule has 148 valence electrons. The minimum Gasteiger partial charge on any atom is -0.372 e. The monoisotopic (exact) mass is 382 g/mol. The Bertz CT molecular complexity index is 825. The van der Waals surface area contributed by atoms with Gasteiger partial charge in [0.15, 0.2) is 0 Å². The summed E-state index contributed by atoms with van der Waals surface area (Å²) in [6, 6.07) is 14.2. The van der Waals surface area contributed by atoms with Gasteiger partial charge in [-0.3, -0.25) is 4.79 Å². The van der Waals surface area contributed by atoms with Crippen molar-refractivity contribution in [3.63, 3.8) is 0 Å². The fraction of sp³-hybridized carbons (Fsp3) is 0.348. The number of hydrogen-bond acceptors (Lipinski definition) is 3. The summed E-state index contributed by atoms with van der Waals surface area (Å²) in [7, 11) is 0. The topological polar surface area (TPSA) is 41.6 Å². The smallest absolute Gasteiger partial charge is 0.244 e. The zero-order chi connectivity index (χ0) is 20.1. The molecule has 3 rings (SSSR count). The number of carbonyl (C=O) groups is 1. The molecule has 0 unspecified atom stereocenters. The van der Waals surface area contributed by atoms with E-state index in [0.717, 1.165) is 29.9 Å². The first kappa shape index (κ1) is 20.1. The summed E-state index contributed by atoms with van der Waals surface area (Å²) in [5.74, 6) is -0.477. The van der Waals surface area contributed by atoms with Crippen LogP contribution in [0.4, 0.5) is 10.1 Å². The van der Waals surface area contributed by atoms with E-state index >= 15 is 0 Å². The van der Waals surface area contributed by atoms with Crippen molar-refractivity contribution in [1.82, 2.24) is 5.32 Å². The molecular formula is C23H27FN2O2. The zero-order valence-corrected chi connectivity index (χ0v) is 16.6. The second kappa shape index (κ2) is 9.02. The molecule has 5 heteroatoms. The van der Waals surface area contributed by atoms with Gasteiger partial charge in [0.2, 0.25) is 5.91 Å². The number of morpholine rings is 1. The number of carbonyl (C=O) groups excluding carboxylic acids is 1. The van der Waals surface area contributed by atoms with Crippen LogP contribution in [0.15, 0.2) is 54.6 Å². The first-order valence-electron chi connectivity index (χ1n) is 9.65. The molecule has 0 aromatic heterocycles. The van der Waals surface area contributed by atoms with Crippen molar-refractivity contribution >= 4 is 17.7 Å². The lowest BCUT2D eigenvalue weighted by Gasteiger charge is -2.37. The third-order valence-electron chi connectivity index (χ3n) is 4.81. The average molecular weight is 382 g/mol. The molecule has 28 heavy (non-hydrogen) atoms. The predicted molar refractivity (Wildman–Crippen MR) is 111 cm³/mol. The maximum atomic E-state index is 12.9. The van der Waals surface area contributed by atoms with E-state index in [1.807, 2.05) is 19.1 Å². The summed E-state index contributed by atoms with van der Waals surface area (Å²) in [5.41, 5.74) is 2.97. The van der Waals surface area contributed by atoms with E-state index in [1.165, 1.54) is 18.2 Å². The SMILES string of the molecule is C[C@@H]1CN(c2cccc([C@H](C)NC(=O)C=Cc3ccc(F)cc3)c2)C[C@H](C)O1. The Hall–Kier alpha value is -2.66. The number of hydrogen-bond donors (Lipinski definition) is 1. The number of nitrogens with zero attached hydrogens (tertiary/aromatic N) is 1. The number of amides is 1. The summed E-state index contributed by atoms with van der Waals surface area (Å²) in [6.07, 6.45) is 3.54. The Morgan fingerprint density at radius 1 is 1.18 bits per heavy atom. The minimum atomic E-state index is -0.292. The fourth-order valence-corrected chi connectivity index (χ4v) is 3.47. The van der Waals surface area contributed by atoms with Gasteiger partial charge in [-0.15, -0.1) is 0 Å². The van der Waals surface area contributed by atoms with Gasteiger partial charge in [0, 0.05) is 24.9 Å². The third-order valence-corrected chi connectivity index (χ3v) is 4.81. The van der Waals surface area contributed by atoms with Crippen LogP contribution in [0.2, 0.25) is 0 Å². The van der Waals surface area contributed by atoms with Gasteiger partial charge in [-0.25, -0.2) is 4.39 Å². The van der Waals surface area contributed by atoms with Crippen LogP contribution in [0.3, 0.4) is 0 Å². The molecule has 0 radical (unpaired) electrons. The molecule has 1 amide bonds. The van der Waals surface area contributed by atoms with Gasteiger partial charge in [-0.2, -0.15) is 0 Å². The van der Waals surface area contributed by atoms with Gasteiger partial charge in [0.25, 0.3) is 0 Å². The summed E-state index contributed by atoms with van der Waals surface area (Å²) in [4.78, 5) is 14.6. The second-order valence-corrected chi connectivity index (χ2v) is 7.37. The third kappa shape index (κ3) is 5.42. The van der Waals surface area contributed by atoms with Crippen LogP contribution in [0.1, 0.15) is 37.9 Å². The van der Waals surface area contributed by atoms with Crippen molar-refractivity contribution in [2.75, 3.05) is 18.0 Å². The van der Waals surface area contributed by atoms with E-state index in [0.29, 0.717) is 0 Å². The molecule has 1 N–H and O–H groups in total. The van der Waals surface area contributed by atoms with Gasteiger partial charge in [-0.1, -0.05) is 24.3 Å². The molecule has 0 saturated carbocycles. The van der Waals surface area contributed by atoms with Crippen molar-refractivity contribution < 1.29 is 13.9 Å². The van der Waals surface area contributed by atoms with Gasteiger partial charge < -0.3 is 15.0 Å². The normalized spacial score (nSPS) is 20.9. The van der Waals surface area contributed by atoms with E-state index in [9.17, 15) is 9.18 Å². The van der Waals surface area contributed by atoms with Crippen molar-refractivity contribution in [1.29, 1.82) is 0 Å². The Kier molecular flexibility index (Phi) is 6.47. The summed E-state index contributed by atoms with van der Waals surface area (Å²) in [5, 5.41) is 2.98. The van der Waals surface area contributed by atoms with Crippen LogP contribution in [0.25, 0.3) is 6.08 Å². The van der Waals surface area contributed by atoms with E-state index in [-0.39, 0.29) is 30.0 Å². The molecule has 1 aliphatic heterocycles. The van der Waals surface area contributed by atoms with Gasteiger partial charge in [0.05, 0.1) is 18.2 Å². The van der Waals surface area contributed by atoms with Crippen LogP contribution in [-0.4, -0.2) is 31.2 Å². The molecule has 3 atom stereocenters. The van der Waals surface area contributed by atoms with Gasteiger partial charge in [-0.05, 0) is 62.2 Å². The van der Waals surface area contributed by atoms with Crippen molar-refractivity contribution in [3.8, 4) is 0 Å². The predicted octanol–water partition coefficient (Wildman–Crippen LogP) is 4.33. The summed E-state index contributed by atoms with van der Waals surface area (Å²) >= 11 is 0. The average Bonchev–Trinajstić information content (AvgIpc) is 2.67. The number of rotatable bonds is 5. The molecule has 1 fully saturated rings. The molecule has 2 aromatic rings. The molecule has 4 nitrogen and oxygen atoms in total. The standard InChI is InChI=1S/C23H27FN2O2/c1-16-14-26(15-17(2)28-16)22-6-4-5-20(13-22)18(3)25-23(27)12-9-19-7-10-21(24)11-8-19/h4-13,16-18H,14-15H2,1-3H3,(H,25,27)/t16-,17+,18-/m0/s1. The maximum absolute atomic E-state index is 12.9. The van der Waals surface area contributed by atoms with Gasteiger partial charge >= 0.3 is 0 Å². The number of halogens is 1. The molecule has 1 heterocycles.